The molecule has 1 amide bonds. The lowest BCUT2D eigenvalue weighted by atomic mass is 10.2. The van der Waals surface area contributed by atoms with Crippen molar-refractivity contribution in [2.24, 2.45) is 0 Å². The van der Waals surface area contributed by atoms with E-state index < -0.39 is 6.10 Å². The highest BCUT2D eigenvalue weighted by Gasteiger charge is 2.08. The molecule has 5 nitrogen and oxygen atoms in total. The van der Waals surface area contributed by atoms with E-state index in [0.29, 0.717) is 11.4 Å². The molecule has 2 N–H and O–H groups in total. The maximum Gasteiger partial charge on any atom is 0.254 e. The van der Waals surface area contributed by atoms with Crippen molar-refractivity contribution < 1.29 is 9.90 Å². The zero-order chi connectivity index (χ0) is 13.7. The van der Waals surface area contributed by atoms with Crippen LogP contribution in [0.25, 0.3) is 11.4 Å². The molecular weight excluding hydrogens is 242 g/mol. The van der Waals surface area contributed by atoms with Crippen molar-refractivity contribution in [3.63, 3.8) is 0 Å². The molecular formula is C14H15N3O2. The van der Waals surface area contributed by atoms with E-state index in [-0.39, 0.29) is 12.5 Å². The molecule has 1 aromatic carbocycles. The predicted molar refractivity (Wildman–Crippen MR) is 71.5 cm³/mol. The van der Waals surface area contributed by atoms with Crippen molar-refractivity contribution in [2.45, 2.75) is 13.0 Å². The number of aliphatic hydroxyl groups excluding tert-OH is 1. The van der Waals surface area contributed by atoms with Gasteiger partial charge in [0, 0.05) is 24.5 Å². The number of aliphatic hydroxyl groups is 1. The van der Waals surface area contributed by atoms with Crippen LogP contribution in [0.15, 0.2) is 42.7 Å². The predicted octanol–water partition coefficient (Wildman–Crippen LogP) is 1.25. The van der Waals surface area contributed by atoms with Crippen LogP contribution in [0.1, 0.15) is 17.3 Å². The SMILES string of the molecule is C[C@H](O)CNC(=O)c1cnc(-c2ccccc2)nc1. The number of carbonyl (C=O) groups is 1. The van der Waals surface area contributed by atoms with Gasteiger partial charge >= 0.3 is 0 Å². The Labute approximate surface area is 111 Å². The van der Waals surface area contributed by atoms with E-state index in [1.807, 2.05) is 30.3 Å². The Kier molecular flexibility index (Phi) is 4.20. The van der Waals surface area contributed by atoms with Crippen LogP contribution in [0.2, 0.25) is 0 Å². The first-order valence-electron chi connectivity index (χ1n) is 6.00. The van der Waals surface area contributed by atoms with E-state index in [4.69, 9.17) is 5.11 Å². The summed E-state index contributed by atoms with van der Waals surface area (Å²) >= 11 is 0. The molecule has 98 valence electrons. The molecule has 0 radical (unpaired) electrons. The van der Waals surface area contributed by atoms with Crippen molar-refractivity contribution in [1.29, 1.82) is 0 Å². The van der Waals surface area contributed by atoms with E-state index in [1.165, 1.54) is 12.4 Å². The van der Waals surface area contributed by atoms with Crippen LogP contribution < -0.4 is 5.32 Å². The highest BCUT2D eigenvalue weighted by molar-refractivity contribution is 5.93. The third-order valence-electron chi connectivity index (χ3n) is 2.50. The zero-order valence-electron chi connectivity index (χ0n) is 10.6. The summed E-state index contributed by atoms with van der Waals surface area (Å²) in [6.07, 6.45) is 2.38. The Bertz CT molecular complexity index is 538. The van der Waals surface area contributed by atoms with E-state index in [2.05, 4.69) is 15.3 Å². The average Bonchev–Trinajstić information content (AvgIpc) is 2.46. The second-order valence-corrected chi connectivity index (χ2v) is 4.22. The van der Waals surface area contributed by atoms with E-state index in [1.54, 1.807) is 6.92 Å². The van der Waals surface area contributed by atoms with Crippen LogP contribution in [0.4, 0.5) is 0 Å². The molecule has 0 spiro atoms. The first kappa shape index (κ1) is 13.2. The molecule has 0 aliphatic carbocycles. The standard InChI is InChI=1S/C14H15N3O2/c1-10(18)7-17-14(19)12-8-15-13(16-9-12)11-5-3-2-4-6-11/h2-6,8-10,18H,7H2,1H3,(H,17,19)/t10-/m0/s1. The van der Waals surface area contributed by atoms with Gasteiger partial charge in [0.1, 0.15) is 0 Å². The Morgan fingerprint density at radius 3 is 2.47 bits per heavy atom. The van der Waals surface area contributed by atoms with Gasteiger partial charge in [0.2, 0.25) is 0 Å². The van der Waals surface area contributed by atoms with Crippen LogP contribution in [-0.2, 0) is 0 Å². The summed E-state index contributed by atoms with van der Waals surface area (Å²) in [7, 11) is 0. The van der Waals surface area contributed by atoms with Gasteiger partial charge in [-0.25, -0.2) is 9.97 Å². The summed E-state index contributed by atoms with van der Waals surface area (Å²) in [4.78, 5) is 20.0. The zero-order valence-corrected chi connectivity index (χ0v) is 10.6. The molecule has 1 aromatic heterocycles. The lowest BCUT2D eigenvalue weighted by molar-refractivity contribution is 0.0923. The van der Waals surface area contributed by atoms with Gasteiger partial charge in [0.15, 0.2) is 5.82 Å². The van der Waals surface area contributed by atoms with Crippen molar-refractivity contribution >= 4 is 5.91 Å². The number of hydrogen-bond donors (Lipinski definition) is 2. The molecule has 2 aromatic rings. The molecule has 0 aliphatic heterocycles. The summed E-state index contributed by atoms with van der Waals surface area (Å²) in [6, 6.07) is 9.54. The Morgan fingerprint density at radius 1 is 1.26 bits per heavy atom. The molecule has 0 saturated carbocycles. The van der Waals surface area contributed by atoms with Crippen molar-refractivity contribution in [3.05, 3.63) is 48.3 Å². The van der Waals surface area contributed by atoms with Crippen LogP contribution >= 0.6 is 0 Å². The number of aromatic nitrogens is 2. The second-order valence-electron chi connectivity index (χ2n) is 4.22. The highest BCUT2D eigenvalue weighted by Crippen LogP contribution is 2.12. The third kappa shape index (κ3) is 3.59. The van der Waals surface area contributed by atoms with Crippen molar-refractivity contribution in [3.8, 4) is 11.4 Å². The van der Waals surface area contributed by atoms with Crippen molar-refractivity contribution in [2.75, 3.05) is 6.54 Å². The van der Waals surface area contributed by atoms with Crippen LogP contribution in [0.3, 0.4) is 0 Å². The molecule has 0 bridgehead atoms. The normalized spacial score (nSPS) is 11.9. The Balaban J connectivity index is 2.08. The van der Waals surface area contributed by atoms with Gasteiger partial charge in [-0.05, 0) is 6.92 Å². The van der Waals surface area contributed by atoms with Gasteiger partial charge in [-0.3, -0.25) is 4.79 Å². The van der Waals surface area contributed by atoms with Crippen molar-refractivity contribution in [1.82, 2.24) is 15.3 Å². The van der Waals surface area contributed by atoms with E-state index >= 15 is 0 Å². The molecule has 19 heavy (non-hydrogen) atoms. The number of hydrogen-bond acceptors (Lipinski definition) is 4. The summed E-state index contributed by atoms with van der Waals surface area (Å²) in [5.74, 6) is 0.285. The number of amides is 1. The lowest BCUT2D eigenvalue weighted by Crippen LogP contribution is -2.30. The van der Waals surface area contributed by atoms with Crippen LogP contribution in [-0.4, -0.2) is 33.6 Å². The summed E-state index contributed by atoms with van der Waals surface area (Å²) in [5.41, 5.74) is 1.28. The smallest absolute Gasteiger partial charge is 0.254 e. The van der Waals surface area contributed by atoms with Crippen LogP contribution in [0, 0.1) is 0 Å². The minimum Gasteiger partial charge on any atom is -0.392 e. The van der Waals surface area contributed by atoms with Crippen LogP contribution in [0.5, 0.6) is 0 Å². The molecule has 2 rings (SSSR count). The van der Waals surface area contributed by atoms with Gasteiger partial charge in [0.05, 0.1) is 11.7 Å². The summed E-state index contributed by atoms with van der Waals surface area (Å²) in [5, 5.41) is 11.7. The van der Waals surface area contributed by atoms with E-state index in [0.717, 1.165) is 5.56 Å². The molecule has 0 saturated heterocycles. The van der Waals surface area contributed by atoms with Gasteiger partial charge in [-0.15, -0.1) is 0 Å². The number of nitrogens with zero attached hydrogens (tertiary/aromatic N) is 2. The average molecular weight is 257 g/mol. The number of carbonyl (C=O) groups excluding carboxylic acids is 1. The number of nitrogens with one attached hydrogen (secondary N) is 1. The van der Waals surface area contributed by atoms with Gasteiger partial charge in [0.25, 0.3) is 5.91 Å². The minimum atomic E-state index is -0.575. The quantitative estimate of drug-likeness (QED) is 0.864. The molecule has 1 heterocycles. The first-order valence-corrected chi connectivity index (χ1v) is 6.00. The van der Waals surface area contributed by atoms with E-state index in [9.17, 15) is 4.79 Å². The summed E-state index contributed by atoms with van der Waals surface area (Å²) < 4.78 is 0. The first-order chi connectivity index (χ1) is 9.16. The lowest BCUT2D eigenvalue weighted by Gasteiger charge is -2.07. The minimum absolute atomic E-state index is 0.208. The molecule has 1 atom stereocenters. The number of benzene rings is 1. The Morgan fingerprint density at radius 2 is 1.89 bits per heavy atom. The second kappa shape index (κ2) is 6.06. The molecule has 0 aliphatic rings. The van der Waals surface area contributed by atoms with Gasteiger partial charge in [-0.2, -0.15) is 0 Å². The topological polar surface area (TPSA) is 75.1 Å². The van der Waals surface area contributed by atoms with Gasteiger partial charge in [-0.1, -0.05) is 30.3 Å². The maximum absolute atomic E-state index is 11.7. The maximum atomic E-state index is 11.7. The molecule has 0 fully saturated rings. The molecule has 5 heteroatoms. The third-order valence-corrected chi connectivity index (χ3v) is 2.50. The molecule has 0 unspecified atom stereocenters. The largest absolute Gasteiger partial charge is 0.392 e. The fourth-order valence-electron chi connectivity index (χ4n) is 1.52. The monoisotopic (exact) mass is 257 g/mol. The highest BCUT2D eigenvalue weighted by atomic mass is 16.3. The number of rotatable bonds is 4. The van der Waals surface area contributed by atoms with Gasteiger partial charge < -0.3 is 10.4 Å². The fraction of sp³-hybridized carbons (Fsp3) is 0.214. The Hall–Kier alpha value is -2.27. The summed E-state index contributed by atoms with van der Waals surface area (Å²) in [6.45, 7) is 1.81. The fourth-order valence-corrected chi connectivity index (χ4v) is 1.52.